The van der Waals surface area contributed by atoms with Crippen LogP contribution in [0.4, 0.5) is 4.39 Å². The van der Waals surface area contributed by atoms with Crippen molar-refractivity contribution < 1.29 is 13.9 Å². The van der Waals surface area contributed by atoms with E-state index >= 15 is 0 Å². The Morgan fingerprint density at radius 2 is 1.13 bits per heavy atom. The molecule has 5 rings (SSSR count). The van der Waals surface area contributed by atoms with Crippen molar-refractivity contribution in [3.05, 3.63) is 162 Å². The molecule has 0 amide bonds. The molecular formula is C35H31FO2P+. The molecule has 0 aliphatic heterocycles. The van der Waals surface area contributed by atoms with Gasteiger partial charge in [0, 0.05) is 0 Å². The maximum Gasteiger partial charge on any atom is 0.338 e. The third-order valence-electron chi connectivity index (χ3n) is 7.19. The Kier molecular flexibility index (Phi) is 8.30. The summed E-state index contributed by atoms with van der Waals surface area (Å²) in [6.45, 7) is 0. The first-order valence-electron chi connectivity index (χ1n) is 13.1. The Balaban J connectivity index is 1.59. The maximum atomic E-state index is 13.4. The smallest absolute Gasteiger partial charge is 0.338 e. The number of methoxy groups -OCH3 is 1. The minimum absolute atomic E-state index is 0.250. The van der Waals surface area contributed by atoms with E-state index in [1.807, 2.05) is 6.07 Å². The highest BCUT2D eigenvalue weighted by Crippen LogP contribution is 2.58. The average molecular weight is 534 g/mol. The van der Waals surface area contributed by atoms with Crippen LogP contribution in [0.5, 0.6) is 0 Å². The fraction of sp³-hybridized carbons (Fsp3) is 0.114. The van der Waals surface area contributed by atoms with Gasteiger partial charge in [-0.3, -0.25) is 0 Å². The normalized spacial score (nSPS) is 11.2. The van der Waals surface area contributed by atoms with E-state index in [0.29, 0.717) is 18.4 Å². The van der Waals surface area contributed by atoms with Crippen LogP contribution in [0.3, 0.4) is 0 Å². The number of hydrogen-bond acceptors (Lipinski definition) is 2. The number of halogens is 1. The van der Waals surface area contributed by atoms with Crippen molar-refractivity contribution in [2.75, 3.05) is 7.11 Å². The first-order valence-corrected chi connectivity index (χ1v) is 15.1. The molecule has 0 bridgehead atoms. The highest BCUT2D eigenvalue weighted by molar-refractivity contribution is 7.95. The molecule has 39 heavy (non-hydrogen) atoms. The van der Waals surface area contributed by atoms with E-state index in [9.17, 15) is 9.18 Å². The lowest BCUT2D eigenvalue weighted by molar-refractivity contribution is 0.0599. The van der Waals surface area contributed by atoms with Crippen molar-refractivity contribution in [3.8, 4) is 0 Å². The monoisotopic (exact) mass is 533 g/mol. The Morgan fingerprint density at radius 3 is 1.62 bits per heavy atom. The SMILES string of the molecule is COC(=O)c1cc(C[P+](c2ccccc2)(c2ccccc2)c2ccccc2)ccc1CCc1ccc(F)cc1. The molecular weight excluding hydrogens is 502 g/mol. The van der Waals surface area contributed by atoms with Crippen molar-refractivity contribution in [1.29, 1.82) is 0 Å². The molecule has 4 heteroatoms. The third-order valence-corrected chi connectivity index (χ3v) is 11.6. The predicted octanol–water partition coefficient (Wildman–Crippen LogP) is 6.89. The Morgan fingerprint density at radius 1 is 0.641 bits per heavy atom. The summed E-state index contributed by atoms with van der Waals surface area (Å²) in [7, 11) is -0.680. The number of rotatable bonds is 9. The summed E-state index contributed by atoms with van der Waals surface area (Å²) in [6, 6.07) is 44.9. The van der Waals surface area contributed by atoms with Gasteiger partial charge in [0.05, 0.1) is 18.8 Å². The number of carbonyl (C=O) groups is 1. The summed E-state index contributed by atoms with van der Waals surface area (Å²) >= 11 is 0. The van der Waals surface area contributed by atoms with Crippen LogP contribution in [0.1, 0.15) is 27.0 Å². The van der Waals surface area contributed by atoms with Crippen LogP contribution in [0.15, 0.2) is 133 Å². The minimum atomic E-state index is -2.10. The number of aryl methyl sites for hydroxylation is 2. The lowest BCUT2D eigenvalue weighted by Crippen LogP contribution is -2.32. The van der Waals surface area contributed by atoms with Gasteiger partial charge < -0.3 is 4.74 Å². The minimum Gasteiger partial charge on any atom is -0.465 e. The quantitative estimate of drug-likeness (QED) is 0.152. The molecule has 0 heterocycles. The summed E-state index contributed by atoms with van der Waals surface area (Å²) < 4.78 is 18.6. The molecule has 194 valence electrons. The van der Waals surface area contributed by atoms with Crippen molar-refractivity contribution in [2.45, 2.75) is 19.0 Å². The topological polar surface area (TPSA) is 26.3 Å². The first-order chi connectivity index (χ1) is 19.1. The van der Waals surface area contributed by atoms with Crippen LogP contribution < -0.4 is 15.9 Å². The summed E-state index contributed by atoms with van der Waals surface area (Å²) in [5.74, 6) is -0.588. The molecule has 5 aromatic carbocycles. The summed E-state index contributed by atoms with van der Waals surface area (Å²) in [6.07, 6.45) is 2.14. The van der Waals surface area contributed by atoms with Gasteiger partial charge >= 0.3 is 5.97 Å². The highest BCUT2D eigenvalue weighted by Gasteiger charge is 2.45. The number of esters is 1. The van der Waals surface area contributed by atoms with Gasteiger partial charge in [0.2, 0.25) is 0 Å². The van der Waals surface area contributed by atoms with Crippen molar-refractivity contribution >= 4 is 29.1 Å². The van der Waals surface area contributed by atoms with E-state index in [4.69, 9.17) is 4.74 Å². The molecule has 5 aromatic rings. The Hall–Kier alpha value is -4.07. The molecule has 0 aliphatic carbocycles. The fourth-order valence-corrected chi connectivity index (χ4v) is 9.44. The van der Waals surface area contributed by atoms with Gasteiger partial charge in [-0.05, 0) is 84.1 Å². The second kappa shape index (κ2) is 12.2. The molecule has 0 radical (unpaired) electrons. The summed E-state index contributed by atoms with van der Waals surface area (Å²) in [4.78, 5) is 13.0. The summed E-state index contributed by atoms with van der Waals surface area (Å²) in [5, 5.41) is 3.88. The second-order valence-electron chi connectivity index (χ2n) is 9.58. The average Bonchev–Trinajstić information content (AvgIpc) is 3.01. The van der Waals surface area contributed by atoms with Crippen LogP contribution in [-0.2, 0) is 23.7 Å². The van der Waals surface area contributed by atoms with Gasteiger partial charge in [-0.15, -0.1) is 0 Å². The molecule has 0 unspecified atom stereocenters. The third kappa shape index (κ3) is 5.85. The highest BCUT2D eigenvalue weighted by atomic mass is 31.2. The van der Waals surface area contributed by atoms with E-state index < -0.39 is 7.26 Å². The molecule has 0 N–H and O–H groups in total. The van der Waals surface area contributed by atoms with E-state index in [-0.39, 0.29) is 11.8 Å². The zero-order chi connectivity index (χ0) is 27.1. The molecule has 0 saturated carbocycles. The molecule has 0 fully saturated rings. The van der Waals surface area contributed by atoms with Gasteiger partial charge in [-0.2, -0.15) is 0 Å². The zero-order valence-electron chi connectivity index (χ0n) is 22.0. The maximum absolute atomic E-state index is 13.4. The van der Waals surface area contributed by atoms with Gasteiger partial charge in [-0.25, -0.2) is 9.18 Å². The molecule has 0 saturated heterocycles. The van der Waals surface area contributed by atoms with E-state index in [1.54, 1.807) is 12.1 Å². The largest absolute Gasteiger partial charge is 0.465 e. The molecule has 2 nitrogen and oxygen atoms in total. The predicted molar refractivity (Wildman–Crippen MR) is 160 cm³/mol. The molecule has 0 atom stereocenters. The number of hydrogen-bond donors (Lipinski definition) is 0. The van der Waals surface area contributed by atoms with Crippen molar-refractivity contribution in [2.24, 2.45) is 0 Å². The number of carbonyl (C=O) groups excluding carboxylic acids is 1. The molecule has 0 spiro atoms. The van der Waals surface area contributed by atoms with Crippen LogP contribution in [-0.4, -0.2) is 13.1 Å². The lowest BCUT2D eigenvalue weighted by Gasteiger charge is -2.28. The van der Waals surface area contributed by atoms with Crippen molar-refractivity contribution in [1.82, 2.24) is 0 Å². The van der Waals surface area contributed by atoms with Gasteiger partial charge in [-0.1, -0.05) is 78.9 Å². The van der Waals surface area contributed by atoms with Crippen LogP contribution >= 0.6 is 7.26 Å². The first kappa shape index (κ1) is 26.5. The van der Waals surface area contributed by atoms with Gasteiger partial charge in [0.15, 0.2) is 0 Å². The lowest BCUT2D eigenvalue weighted by atomic mass is 9.98. The van der Waals surface area contributed by atoms with E-state index in [2.05, 4.69) is 103 Å². The molecule has 0 aromatic heterocycles. The number of ether oxygens (including phenoxy) is 1. The van der Waals surface area contributed by atoms with E-state index in [0.717, 1.165) is 22.9 Å². The second-order valence-corrected chi connectivity index (χ2v) is 13.1. The number of benzene rings is 5. The van der Waals surface area contributed by atoms with Crippen LogP contribution in [0.25, 0.3) is 0 Å². The van der Waals surface area contributed by atoms with Crippen LogP contribution in [0.2, 0.25) is 0 Å². The van der Waals surface area contributed by atoms with Gasteiger partial charge in [0.1, 0.15) is 29.0 Å². The van der Waals surface area contributed by atoms with Gasteiger partial charge in [0.25, 0.3) is 0 Å². The standard InChI is InChI=1S/C35H31FO2P/c1-38-35(37)34-25-28(18-22-29(34)21-17-27-19-23-30(36)24-20-27)26-39(31-11-5-2-6-12-31,32-13-7-3-8-14-32)33-15-9-4-10-16-33/h2-16,18-20,22-25H,17,21,26H2,1H3/q+1. The Labute approximate surface area is 230 Å². The Bertz CT molecular complexity index is 1420. The van der Waals surface area contributed by atoms with E-state index in [1.165, 1.54) is 35.2 Å². The van der Waals surface area contributed by atoms with Crippen LogP contribution in [0, 0.1) is 5.82 Å². The van der Waals surface area contributed by atoms with Crippen molar-refractivity contribution in [3.63, 3.8) is 0 Å². The fourth-order valence-electron chi connectivity index (χ4n) is 5.21. The zero-order valence-corrected chi connectivity index (χ0v) is 22.9. The summed E-state index contributed by atoms with van der Waals surface area (Å²) in [5.41, 5.74) is 3.63. The molecule has 0 aliphatic rings.